The maximum Gasteiger partial charge on any atom is 0.350 e. The topological polar surface area (TPSA) is 107 Å². The molecule has 2 heterocycles. The number of hydrogen-bond donors (Lipinski definition) is 2. The Balaban J connectivity index is 1.80. The Morgan fingerprint density at radius 2 is 2.24 bits per heavy atom. The highest BCUT2D eigenvalue weighted by atomic mass is 16.2. The third-order valence-electron chi connectivity index (χ3n) is 2.85. The molecular formula is C13H12N6O2. The van der Waals surface area contributed by atoms with Gasteiger partial charge in [0.15, 0.2) is 5.65 Å². The minimum atomic E-state index is -0.393. The lowest BCUT2D eigenvalue weighted by Gasteiger charge is -2.05. The van der Waals surface area contributed by atoms with Crippen LogP contribution in [0, 0.1) is 0 Å². The molecule has 0 bridgehead atoms. The Morgan fingerprint density at radius 3 is 3.00 bits per heavy atom. The van der Waals surface area contributed by atoms with Gasteiger partial charge in [-0.25, -0.2) is 13.9 Å². The third-order valence-corrected chi connectivity index (χ3v) is 2.85. The number of rotatable bonds is 3. The van der Waals surface area contributed by atoms with Crippen LogP contribution in [-0.2, 0) is 11.3 Å². The third kappa shape index (κ3) is 2.59. The summed E-state index contributed by atoms with van der Waals surface area (Å²) in [4.78, 5) is 27.8. The summed E-state index contributed by atoms with van der Waals surface area (Å²) in [6.45, 7) is -0.185. The number of aromatic nitrogens is 4. The molecule has 0 radical (unpaired) electrons. The van der Waals surface area contributed by atoms with Crippen LogP contribution >= 0.6 is 0 Å². The van der Waals surface area contributed by atoms with Crippen LogP contribution in [0.25, 0.3) is 5.65 Å². The van der Waals surface area contributed by atoms with E-state index in [-0.39, 0.29) is 12.5 Å². The van der Waals surface area contributed by atoms with Crippen molar-refractivity contribution in [1.82, 2.24) is 19.2 Å². The molecule has 0 fully saturated rings. The first kappa shape index (κ1) is 12.9. The summed E-state index contributed by atoms with van der Waals surface area (Å²) in [6, 6.07) is 6.79. The summed E-state index contributed by atoms with van der Waals surface area (Å²) in [5.41, 5.74) is 6.74. The maximum absolute atomic E-state index is 12.0. The second-order valence-electron chi connectivity index (χ2n) is 4.42. The summed E-state index contributed by atoms with van der Waals surface area (Å²) in [5, 5.41) is 6.69. The zero-order chi connectivity index (χ0) is 14.8. The smallest absolute Gasteiger partial charge is 0.350 e. The number of benzene rings is 1. The molecular weight excluding hydrogens is 272 g/mol. The van der Waals surface area contributed by atoms with Crippen LogP contribution in [0.15, 0.2) is 47.7 Å². The van der Waals surface area contributed by atoms with E-state index in [0.717, 1.165) is 4.68 Å². The Morgan fingerprint density at radius 1 is 1.38 bits per heavy atom. The number of fused-ring (bicyclic) bond motifs is 1. The quantitative estimate of drug-likeness (QED) is 0.664. The van der Waals surface area contributed by atoms with E-state index in [2.05, 4.69) is 15.4 Å². The van der Waals surface area contributed by atoms with E-state index in [0.29, 0.717) is 17.0 Å². The molecule has 3 N–H and O–H groups in total. The molecule has 0 saturated heterocycles. The molecule has 8 heteroatoms. The van der Waals surface area contributed by atoms with Gasteiger partial charge in [-0.05, 0) is 18.2 Å². The molecule has 1 aromatic carbocycles. The van der Waals surface area contributed by atoms with Crippen LogP contribution in [0.5, 0.6) is 0 Å². The van der Waals surface area contributed by atoms with Gasteiger partial charge < -0.3 is 11.1 Å². The van der Waals surface area contributed by atoms with Crippen LogP contribution < -0.4 is 16.7 Å². The Labute approximate surface area is 118 Å². The lowest BCUT2D eigenvalue weighted by atomic mass is 10.3. The van der Waals surface area contributed by atoms with Crippen molar-refractivity contribution in [3.05, 3.63) is 53.3 Å². The second-order valence-corrected chi connectivity index (χ2v) is 4.42. The zero-order valence-corrected chi connectivity index (χ0v) is 10.9. The van der Waals surface area contributed by atoms with Crippen LogP contribution in [0.2, 0.25) is 0 Å². The second kappa shape index (κ2) is 5.08. The van der Waals surface area contributed by atoms with E-state index in [4.69, 9.17) is 5.73 Å². The van der Waals surface area contributed by atoms with E-state index in [1.807, 2.05) is 0 Å². The summed E-state index contributed by atoms with van der Waals surface area (Å²) in [7, 11) is 0. The number of amides is 1. The molecule has 0 aliphatic carbocycles. The van der Waals surface area contributed by atoms with Crippen molar-refractivity contribution in [3.8, 4) is 0 Å². The first-order valence-corrected chi connectivity index (χ1v) is 6.18. The summed E-state index contributed by atoms with van der Waals surface area (Å²) in [6.07, 6.45) is 4.43. The summed E-state index contributed by atoms with van der Waals surface area (Å²) in [5.74, 6) is -0.362. The molecule has 0 spiro atoms. The molecule has 0 atom stereocenters. The first-order valence-electron chi connectivity index (χ1n) is 6.18. The molecule has 2 aromatic heterocycles. The van der Waals surface area contributed by atoms with E-state index >= 15 is 0 Å². The molecule has 0 unspecified atom stereocenters. The molecule has 3 rings (SSSR count). The van der Waals surface area contributed by atoms with Gasteiger partial charge in [-0.3, -0.25) is 9.78 Å². The van der Waals surface area contributed by atoms with Crippen molar-refractivity contribution in [2.45, 2.75) is 6.54 Å². The fourth-order valence-corrected chi connectivity index (χ4v) is 1.94. The van der Waals surface area contributed by atoms with Gasteiger partial charge in [-0.1, -0.05) is 6.07 Å². The van der Waals surface area contributed by atoms with Crippen LogP contribution in [0.4, 0.5) is 11.4 Å². The monoisotopic (exact) mass is 284 g/mol. The van der Waals surface area contributed by atoms with Crippen molar-refractivity contribution in [2.75, 3.05) is 11.1 Å². The van der Waals surface area contributed by atoms with Gasteiger partial charge in [0, 0.05) is 23.8 Å². The van der Waals surface area contributed by atoms with Gasteiger partial charge in [0.05, 0.1) is 6.20 Å². The molecule has 1 amide bonds. The lowest BCUT2D eigenvalue weighted by molar-refractivity contribution is -0.117. The molecule has 106 valence electrons. The number of anilines is 2. The number of carbonyl (C=O) groups is 1. The minimum Gasteiger partial charge on any atom is -0.399 e. The fourth-order valence-electron chi connectivity index (χ4n) is 1.94. The number of hydrogen-bond acceptors (Lipinski definition) is 5. The maximum atomic E-state index is 12.0. The molecule has 0 saturated carbocycles. The Bertz CT molecular complexity index is 866. The zero-order valence-electron chi connectivity index (χ0n) is 10.9. The number of nitrogen functional groups attached to an aromatic ring is 1. The minimum absolute atomic E-state index is 0.185. The predicted molar refractivity (Wildman–Crippen MR) is 76.7 cm³/mol. The van der Waals surface area contributed by atoms with Crippen molar-refractivity contribution in [3.63, 3.8) is 0 Å². The number of nitrogens with one attached hydrogen (secondary N) is 1. The fraction of sp³-hybridized carbons (Fsp3) is 0.0769. The van der Waals surface area contributed by atoms with E-state index in [1.54, 1.807) is 24.3 Å². The SMILES string of the molecule is Nc1cccc(NC(=O)Cn2nc3cnccn3c2=O)c1. The number of nitrogens with zero attached hydrogens (tertiary/aromatic N) is 4. The van der Waals surface area contributed by atoms with Gasteiger partial charge in [-0.2, -0.15) is 0 Å². The number of nitrogens with two attached hydrogens (primary N) is 1. The Kier molecular flexibility index (Phi) is 3.11. The number of carbonyl (C=O) groups excluding carboxylic acids is 1. The predicted octanol–water partition coefficient (Wildman–Crippen LogP) is 0.112. The van der Waals surface area contributed by atoms with E-state index in [1.165, 1.54) is 23.0 Å². The molecule has 21 heavy (non-hydrogen) atoms. The van der Waals surface area contributed by atoms with Crippen LogP contribution in [-0.4, -0.2) is 25.1 Å². The summed E-state index contributed by atoms with van der Waals surface area (Å²) >= 11 is 0. The molecule has 3 aromatic rings. The van der Waals surface area contributed by atoms with Gasteiger partial charge in [0.2, 0.25) is 5.91 Å². The highest BCUT2D eigenvalue weighted by Crippen LogP contribution is 2.11. The summed E-state index contributed by atoms with van der Waals surface area (Å²) < 4.78 is 2.40. The lowest BCUT2D eigenvalue weighted by Crippen LogP contribution is -2.28. The van der Waals surface area contributed by atoms with Gasteiger partial charge in [-0.15, -0.1) is 5.10 Å². The van der Waals surface area contributed by atoms with Crippen LogP contribution in [0.3, 0.4) is 0 Å². The molecule has 8 nitrogen and oxygen atoms in total. The van der Waals surface area contributed by atoms with Crippen LogP contribution in [0.1, 0.15) is 0 Å². The van der Waals surface area contributed by atoms with Gasteiger partial charge in [0.1, 0.15) is 6.54 Å². The standard InChI is InChI=1S/C13H12N6O2/c14-9-2-1-3-10(6-9)16-12(20)8-19-13(21)18-5-4-15-7-11(18)17-19/h1-7H,8,14H2,(H,16,20). The highest BCUT2D eigenvalue weighted by Gasteiger charge is 2.10. The van der Waals surface area contributed by atoms with Crippen molar-refractivity contribution < 1.29 is 4.79 Å². The normalized spacial score (nSPS) is 10.7. The van der Waals surface area contributed by atoms with E-state index in [9.17, 15) is 9.59 Å². The largest absolute Gasteiger partial charge is 0.399 e. The first-order chi connectivity index (χ1) is 10.1. The van der Waals surface area contributed by atoms with Crippen molar-refractivity contribution >= 4 is 22.9 Å². The van der Waals surface area contributed by atoms with Crippen molar-refractivity contribution in [2.24, 2.45) is 0 Å². The van der Waals surface area contributed by atoms with Gasteiger partial charge in [0.25, 0.3) is 0 Å². The Hall–Kier alpha value is -3.16. The molecule has 0 aliphatic heterocycles. The van der Waals surface area contributed by atoms with Gasteiger partial charge >= 0.3 is 5.69 Å². The highest BCUT2D eigenvalue weighted by molar-refractivity contribution is 5.90. The van der Waals surface area contributed by atoms with E-state index < -0.39 is 5.69 Å². The average molecular weight is 284 g/mol. The average Bonchev–Trinajstić information content (AvgIpc) is 2.76. The van der Waals surface area contributed by atoms with Crippen molar-refractivity contribution in [1.29, 1.82) is 0 Å². The molecule has 0 aliphatic rings.